The Morgan fingerprint density at radius 2 is 2.12 bits per heavy atom. The monoisotopic (exact) mass is 258 g/mol. The van der Waals surface area contributed by atoms with Crippen molar-refractivity contribution in [3.63, 3.8) is 0 Å². The van der Waals surface area contributed by atoms with Crippen LogP contribution in [0, 0.1) is 5.92 Å². The number of nitrogens with one attached hydrogen (secondary N) is 1. The normalized spacial score (nSPS) is 40.3. The highest BCUT2D eigenvalue weighted by Crippen LogP contribution is 2.40. The van der Waals surface area contributed by atoms with Gasteiger partial charge in [0.25, 0.3) is 0 Å². The van der Waals surface area contributed by atoms with Gasteiger partial charge in [-0.15, -0.1) is 0 Å². The average molecular weight is 258 g/mol. The van der Waals surface area contributed by atoms with E-state index in [1.165, 1.54) is 19.3 Å². The number of hydrogen-bond donors (Lipinski definition) is 1. The van der Waals surface area contributed by atoms with Crippen molar-refractivity contribution in [3.05, 3.63) is 0 Å². The molecule has 0 radical (unpaired) electrons. The van der Waals surface area contributed by atoms with Crippen molar-refractivity contribution < 1.29 is 8.42 Å². The zero-order valence-electron chi connectivity index (χ0n) is 10.5. The Morgan fingerprint density at radius 1 is 1.35 bits per heavy atom. The van der Waals surface area contributed by atoms with Crippen molar-refractivity contribution >= 4 is 10.0 Å². The molecular weight excluding hydrogens is 236 g/mol. The lowest BCUT2D eigenvalue weighted by Crippen LogP contribution is -2.59. The zero-order chi connectivity index (χ0) is 12.1. The van der Waals surface area contributed by atoms with Gasteiger partial charge in [-0.2, -0.15) is 4.31 Å². The third kappa shape index (κ3) is 2.02. The van der Waals surface area contributed by atoms with Gasteiger partial charge in [0.2, 0.25) is 10.0 Å². The van der Waals surface area contributed by atoms with E-state index in [0.29, 0.717) is 11.7 Å². The van der Waals surface area contributed by atoms with Crippen LogP contribution in [0.25, 0.3) is 0 Å². The third-order valence-corrected chi connectivity index (χ3v) is 6.82. The summed E-state index contributed by atoms with van der Waals surface area (Å²) >= 11 is 0. The van der Waals surface area contributed by atoms with Crippen molar-refractivity contribution in [2.24, 2.45) is 5.92 Å². The van der Waals surface area contributed by atoms with Gasteiger partial charge in [-0.1, -0.05) is 6.92 Å². The standard InChI is InChI=1S/C12H22N2O2S/c1-10-8-14(17(15,16)9-10)11-3-6-13-12(7-11)4-2-5-12/h10-11,13H,2-9H2,1H3. The van der Waals surface area contributed by atoms with Crippen molar-refractivity contribution in [1.29, 1.82) is 0 Å². The minimum Gasteiger partial charge on any atom is -0.311 e. The van der Waals surface area contributed by atoms with E-state index in [1.54, 1.807) is 4.31 Å². The topological polar surface area (TPSA) is 49.4 Å². The van der Waals surface area contributed by atoms with Gasteiger partial charge < -0.3 is 5.32 Å². The molecule has 0 aromatic rings. The summed E-state index contributed by atoms with van der Waals surface area (Å²) in [5.74, 6) is 0.649. The molecule has 2 atom stereocenters. The highest BCUT2D eigenvalue weighted by molar-refractivity contribution is 7.89. The Balaban J connectivity index is 1.76. The first kappa shape index (κ1) is 11.9. The molecule has 3 rings (SSSR count). The van der Waals surface area contributed by atoms with Crippen LogP contribution in [-0.2, 0) is 10.0 Å². The SMILES string of the molecule is CC1CN(C2CCNC3(CCC3)C2)S(=O)(=O)C1. The molecule has 5 heteroatoms. The van der Waals surface area contributed by atoms with Crippen LogP contribution >= 0.6 is 0 Å². The quantitative estimate of drug-likeness (QED) is 0.761. The van der Waals surface area contributed by atoms with Crippen LogP contribution in [0.15, 0.2) is 0 Å². The second-order valence-electron chi connectivity index (χ2n) is 6.16. The summed E-state index contributed by atoms with van der Waals surface area (Å²) < 4.78 is 26.0. The second-order valence-corrected chi connectivity index (χ2v) is 8.13. The van der Waals surface area contributed by atoms with Gasteiger partial charge in [0.1, 0.15) is 0 Å². The first-order valence-corrected chi connectivity index (χ1v) is 8.36. The molecule has 2 heterocycles. The van der Waals surface area contributed by atoms with Gasteiger partial charge in [-0.05, 0) is 44.6 Å². The molecule has 2 saturated heterocycles. The van der Waals surface area contributed by atoms with Crippen molar-refractivity contribution in [2.45, 2.75) is 50.6 Å². The predicted octanol–water partition coefficient (Wildman–Crippen LogP) is 0.943. The predicted molar refractivity (Wildman–Crippen MR) is 67.3 cm³/mol. The Morgan fingerprint density at radius 3 is 2.65 bits per heavy atom. The van der Waals surface area contributed by atoms with E-state index in [1.807, 2.05) is 6.92 Å². The lowest BCUT2D eigenvalue weighted by molar-refractivity contribution is 0.0944. The fourth-order valence-corrected chi connectivity index (χ4v) is 5.80. The van der Waals surface area contributed by atoms with Crippen molar-refractivity contribution in [3.8, 4) is 0 Å². The molecule has 0 bridgehead atoms. The molecule has 4 nitrogen and oxygen atoms in total. The molecule has 0 aromatic heterocycles. The molecule has 0 aromatic carbocycles. The van der Waals surface area contributed by atoms with E-state index in [9.17, 15) is 8.42 Å². The van der Waals surface area contributed by atoms with Crippen LogP contribution in [0.3, 0.4) is 0 Å². The minimum atomic E-state index is -2.96. The molecule has 1 spiro atoms. The van der Waals surface area contributed by atoms with Crippen LogP contribution in [0.1, 0.15) is 39.0 Å². The minimum absolute atomic E-state index is 0.256. The summed E-state index contributed by atoms with van der Waals surface area (Å²) in [6.07, 6.45) is 5.76. The van der Waals surface area contributed by atoms with Crippen LogP contribution in [0.4, 0.5) is 0 Å². The van der Waals surface area contributed by atoms with Gasteiger partial charge in [0, 0.05) is 18.1 Å². The van der Waals surface area contributed by atoms with Gasteiger partial charge in [-0.3, -0.25) is 0 Å². The molecule has 1 saturated carbocycles. The number of rotatable bonds is 1. The highest BCUT2D eigenvalue weighted by Gasteiger charge is 2.46. The van der Waals surface area contributed by atoms with E-state index < -0.39 is 10.0 Å². The molecule has 98 valence electrons. The third-order valence-electron chi connectivity index (χ3n) is 4.67. The number of hydrogen-bond acceptors (Lipinski definition) is 3. The highest BCUT2D eigenvalue weighted by atomic mass is 32.2. The lowest BCUT2D eigenvalue weighted by atomic mass is 9.70. The fourth-order valence-electron chi connectivity index (χ4n) is 3.66. The van der Waals surface area contributed by atoms with E-state index >= 15 is 0 Å². The first-order chi connectivity index (χ1) is 8.01. The lowest BCUT2D eigenvalue weighted by Gasteiger charge is -2.49. The molecule has 1 aliphatic carbocycles. The molecule has 0 amide bonds. The maximum Gasteiger partial charge on any atom is 0.214 e. The summed E-state index contributed by atoms with van der Waals surface area (Å²) in [5.41, 5.74) is 0.282. The fraction of sp³-hybridized carbons (Fsp3) is 1.00. The first-order valence-electron chi connectivity index (χ1n) is 6.75. The van der Waals surface area contributed by atoms with Gasteiger partial charge in [0.15, 0.2) is 0 Å². The summed E-state index contributed by atoms with van der Waals surface area (Å²) in [7, 11) is -2.96. The second kappa shape index (κ2) is 3.93. The summed E-state index contributed by atoms with van der Waals surface area (Å²) in [4.78, 5) is 0. The Labute approximate surface area is 104 Å². The van der Waals surface area contributed by atoms with Crippen molar-refractivity contribution in [2.75, 3.05) is 18.8 Å². The van der Waals surface area contributed by atoms with E-state index in [-0.39, 0.29) is 11.6 Å². The molecular formula is C12H22N2O2S. The Bertz CT molecular complexity index is 403. The molecule has 3 fully saturated rings. The van der Waals surface area contributed by atoms with E-state index in [0.717, 1.165) is 25.9 Å². The summed E-state index contributed by atoms with van der Waals surface area (Å²) in [5, 5.41) is 3.60. The van der Waals surface area contributed by atoms with Gasteiger partial charge in [0.05, 0.1) is 5.75 Å². The number of sulfonamides is 1. The van der Waals surface area contributed by atoms with Crippen LogP contribution in [0.2, 0.25) is 0 Å². The number of piperidine rings is 1. The molecule has 17 heavy (non-hydrogen) atoms. The Hall–Kier alpha value is -0.130. The maximum atomic E-state index is 12.1. The van der Waals surface area contributed by atoms with Crippen LogP contribution in [-0.4, -0.2) is 43.1 Å². The van der Waals surface area contributed by atoms with Gasteiger partial charge in [-0.25, -0.2) is 8.42 Å². The van der Waals surface area contributed by atoms with E-state index in [4.69, 9.17) is 0 Å². The van der Waals surface area contributed by atoms with Crippen LogP contribution < -0.4 is 5.32 Å². The Kier molecular flexibility index (Phi) is 2.76. The smallest absolute Gasteiger partial charge is 0.214 e. The summed E-state index contributed by atoms with van der Waals surface area (Å²) in [6, 6.07) is 0.256. The summed E-state index contributed by atoms with van der Waals surface area (Å²) in [6.45, 7) is 3.76. The molecule has 2 aliphatic heterocycles. The van der Waals surface area contributed by atoms with Crippen molar-refractivity contribution in [1.82, 2.24) is 9.62 Å². The largest absolute Gasteiger partial charge is 0.311 e. The molecule has 1 N–H and O–H groups in total. The molecule has 3 aliphatic rings. The van der Waals surface area contributed by atoms with Gasteiger partial charge >= 0.3 is 0 Å². The molecule has 2 unspecified atom stereocenters. The maximum absolute atomic E-state index is 12.1. The van der Waals surface area contributed by atoms with E-state index in [2.05, 4.69) is 5.32 Å². The zero-order valence-corrected chi connectivity index (χ0v) is 11.3. The number of nitrogens with zero attached hydrogens (tertiary/aromatic N) is 1. The average Bonchev–Trinajstić information content (AvgIpc) is 2.50. The van der Waals surface area contributed by atoms with Crippen LogP contribution in [0.5, 0.6) is 0 Å².